The molecule has 0 aromatic rings. The summed E-state index contributed by atoms with van der Waals surface area (Å²) < 4.78 is 5.51. The van der Waals surface area contributed by atoms with Crippen molar-refractivity contribution in [3.05, 3.63) is 0 Å². The smallest absolute Gasteiger partial charge is 0.0604 e. The molecule has 0 aliphatic heterocycles. The standard InChI is InChI=1S/C12H26N2O/c1-5-15-10-6-9(7-10)14-8-11(13)12(2,3)4/h9-11,14H,5-8,13H2,1-4H3. The molecule has 0 bridgehead atoms. The highest BCUT2D eigenvalue weighted by Gasteiger charge is 2.30. The maximum atomic E-state index is 6.08. The van der Waals surface area contributed by atoms with E-state index in [1.54, 1.807) is 0 Å². The highest BCUT2D eigenvalue weighted by atomic mass is 16.5. The molecule has 1 fully saturated rings. The van der Waals surface area contributed by atoms with E-state index in [9.17, 15) is 0 Å². The number of hydrogen-bond donors (Lipinski definition) is 2. The van der Waals surface area contributed by atoms with Gasteiger partial charge in [0.25, 0.3) is 0 Å². The third-order valence-corrected chi connectivity index (χ3v) is 3.24. The van der Waals surface area contributed by atoms with Gasteiger partial charge in [-0.3, -0.25) is 0 Å². The average molecular weight is 214 g/mol. The Morgan fingerprint density at radius 2 is 2.00 bits per heavy atom. The van der Waals surface area contributed by atoms with Crippen molar-refractivity contribution < 1.29 is 4.74 Å². The van der Waals surface area contributed by atoms with Crippen LogP contribution in [0.5, 0.6) is 0 Å². The van der Waals surface area contributed by atoms with Crippen molar-refractivity contribution >= 4 is 0 Å². The molecule has 3 nitrogen and oxygen atoms in total. The van der Waals surface area contributed by atoms with Gasteiger partial charge in [0.15, 0.2) is 0 Å². The summed E-state index contributed by atoms with van der Waals surface area (Å²) in [6.07, 6.45) is 2.77. The largest absolute Gasteiger partial charge is 0.378 e. The van der Waals surface area contributed by atoms with E-state index in [1.165, 1.54) is 0 Å². The molecule has 1 saturated carbocycles. The monoisotopic (exact) mass is 214 g/mol. The van der Waals surface area contributed by atoms with Gasteiger partial charge in [0.05, 0.1) is 6.10 Å². The van der Waals surface area contributed by atoms with Crippen LogP contribution in [0.3, 0.4) is 0 Å². The van der Waals surface area contributed by atoms with Crippen molar-refractivity contribution in [2.75, 3.05) is 13.2 Å². The van der Waals surface area contributed by atoms with Crippen LogP contribution >= 0.6 is 0 Å². The van der Waals surface area contributed by atoms with Gasteiger partial charge in [0.1, 0.15) is 0 Å². The van der Waals surface area contributed by atoms with Crippen molar-refractivity contribution in [2.24, 2.45) is 11.1 Å². The minimum atomic E-state index is 0.191. The van der Waals surface area contributed by atoms with E-state index in [0.29, 0.717) is 12.1 Å². The zero-order valence-corrected chi connectivity index (χ0v) is 10.5. The van der Waals surface area contributed by atoms with E-state index in [1.807, 2.05) is 0 Å². The van der Waals surface area contributed by atoms with Gasteiger partial charge in [-0.15, -0.1) is 0 Å². The second-order valence-corrected chi connectivity index (χ2v) is 5.63. The summed E-state index contributed by atoms with van der Waals surface area (Å²) in [5.41, 5.74) is 6.27. The van der Waals surface area contributed by atoms with Crippen LogP contribution in [0.2, 0.25) is 0 Å². The van der Waals surface area contributed by atoms with Crippen molar-refractivity contribution in [2.45, 2.75) is 58.7 Å². The molecule has 1 rings (SSSR count). The van der Waals surface area contributed by atoms with Crippen molar-refractivity contribution in [1.82, 2.24) is 5.32 Å². The predicted molar refractivity (Wildman–Crippen MR) is 63.9 cm³/mol. The Balaban J connectivity index is 2.08. The number of nitrogens with two attached hydrogens (primary N) is 1. The minimum absolute atomic E-state index is 0.191. The molecule has 1 aliphatic rings. The molecule has 0 spiro atoms. The Kier molecular flexibility index (Phi) is 4.56. The van der Waals surface area contributed by atoms with E-state index >= 15 is 0 Å². The predicted octanol–water partition coefficient (Wildman–Crippen LogP) is 1.52. The summed E-state index contributed by atoms with van der Waals surface area (Å²) in [7, 11) is 0. The van der Waals surface area contributed by atoms with Crippen molar-refractivity contribution in [3.63, 3.8) is 0 Å². The van der Waals surface area contributed by atoms with Gasteiger partial charge in [0.2, 0.25) is 0 Å². The van der Waals surface area contributed by atoms with Crippen molar-refractivity contribution in [3.8, 4) is 0 Å². The van der Waals surface area contributed by atoms with Crippen LogP contribution in [0.15, 0.2) is 0 Å². The molecular weight excluding hydrogens is 188 g/mol. The van der Waals surface area contributed by atoms with Crippen LogP contribution in [0.1, 0.15) is 40.5 Å². The van der Waals surface area contributed by atoms with Gasteiger partial charge in [-0.25, -0.2) is 0 Å². The van der Waals surface area contributed by atoms with Gasteiger partial charge < -0.3 is 15.8 Å². The second-order valence-electron chi connectivity index (χ2n) is 5.63. The molecule has 90 valence electrons. The third-order valence-electron chi connectivity index (χ3n) is 3.24. The fourth-order valence-corrected chi connectivity index (χ4v) is 1.70. The van der Waals surface area contributed by atoms with Gasteiger partial charge >= 0.3 is 0 Å². The maximum absolute atomic E-state index is 6.08. The lowest BCUT2D eigenvalue weighted by Gasteiger charge is -2.37. The van der Waals surface area contributed by atoms with E-state index in [2.05, 4.69) is 33.0 Å². The molecule has 15 heavy (non-hydrogen) atoms. The molecule has 3 N–H and O–H groups in total. The summed E-state index contributed by atoms with van der Waals surface area (Å²) >= 11 is 0. The van der Waals surface area contributed by atoms with Gasteiger partial charge in [-0.2, -0.15) is 0 Å². The lowest BCUT2D eigenvalue weighted by Crippen LogP contribution is -2.51. The maximum Gasteiger partial charge on any atom is 0.0604 e. The zero-order valence-electron chi connectivity index (χ0n) is 10.5. The molecular formula is C12H26N2O. The molecule has 0 radical (unpaired) electrons. The molecule has 0 aromatic carbocycles. The lowest BCUT2D eigenvalue weighted by atomic mass is 9.85. The molecule has 3 heteroatoms. The summed E-state index contributed by atoms with van der Waals surface area (Å²) in [6, 6.07) is 0.846. The molecule has 0 amide bonds. The first-order chi connectivity index (χ1) is 6.93. The van der Waals surface area contributed by atoms with Crippen molar-refractivity contribution in [1.29, 1.82) is 0 Å². The fraction of sp³-hybridized carbons (Fsp3) is 1.00. The number of rotatable bonds is 5. The molecule has 1 atom stereocenters. The highest BCUT2D eigenvalue weighted by Crippen LogP contribution is 2.24. The van der Waals surface area contributed by atoms with E-state index in [-0.39, 0.29) is 11.5 Å². The number of nitrogens with one attached hydrogen (secondary N) is 1. The normalized spacial score (nSPS) is 28.6. The Labute approximate surface area is 93.8 Å². The van der Waals surface area contributed by atoms with Gasteiger partial charge in [-0.1, -0.05) is 20.8 Å². The first-order valence-corrected chi connectivity index (χ1v) is 6.04. The molecule has 1 unspecified atom stereocenters. The van der Waals surface area contributed by atoms with Crippen LogP contribution in [0.25, 0.3) is 0 Å². The zero-order chi connectivity index (χ0) is 11.5. The summed E-state index contributed by atoms with van der Waals surface area (Å²) in [4.78, 5) is 0. The van der Waals surface area contributed by atoms with Crippen LogP contribution in [-0.2, 0) is 4.74 Å². The Morgan fingerprint density at radius 3 is 2.47 bits per heavy atom. The van der Waals surface area contributed by atoms with Crippen LogP contribution in [0.4, 0.5) is 0 Å². The second kappa shape index (κ2) is 5.28. The van der Waals surface area contributed by atoms with Crippen LogP contribution < -0.4 is 11.1 Å². The molecule has 0 saturated heterocycles. The Morgan fingerprint density at radius 1 is 1.40 bits per heavy atom. The fourth-order valence-electron chi connectivity index (χ4n) is 1.70. The van der Waals surface area contributed by atoms with Crippen LogP contribution in [0, 0.1) is 5.41 Å². The van der Waals surface area contributed by atoms with Gasteiger partial charge in [-0.05, 0) is 25.2 Å². The first-order valence-electron chi connectivity index (χ1n) is 6.04. The average Bonchev–Trinajstić information content (AvgIpc) is 2.06. The molecule has 0 heterocycles. The Bertz CT molecular complexity index is 183. The number of ether oxygens (including phenoxy) is 1. The van der Waals surface area contributed by atoms with E-state index in [4.69, 9.17) is 10.5 Å². The Hall–Kier alpha value is -0.120. The lowest BCUT2D eigenvalue weighted by molar-refractivity contribution is -0.0106. The molecule has 0 aromatic heterocycles. The quantitative estimate of drug-likeness (QED) is 0.729. The summed E-state index contributed by atoms with van der Waals surface area (Å²) in [5.74, 6) is 0. The van der Waals surface area contributed by atoms with Gasteiger partial charge in [0, 0.05) is 25.2 Å². The third kappa shape index (κ3) is 4.09. The molecule has 1 aliphatic carbocycles. The van der Waals surface area contributed by atoms with E-state index in [0.717, 1.165) is 26.0 Å². The highest BCUT2D eigenvalue weighted by molar-refractivity contribution is 4.88. The number of hydrogen-bond acceptors (Lipinski definition) is 3. The topological polar surface area (TPSA) is 47.3 Å². The minimum Gasteiger partial charge on any atom is -0.378 e. The van der Waals surface area contributed by atoms with E-state index < -0.39 is 0 Å². The summed E-state index contributed by atoms with van der Waals surface area (Å²) in [5, 5.41) is 3.51. The first kappa shape index (κ1) is 12.9. The SMILES string of the molecule is CCOC1CC(NCC(N)C(C)(C)C)C1. The van der Waals surface area contributed by atoms with Crippen LogP contribution in [-0.4, -0.2) is 31.3 Å². The summed E-state index contributed by atoms with van der Waals surface area (Å²) in [6.45, 7) is 10.3.